The number of ketones is 1. The topological polar surface area (TPSA) is 35.5 Å². The van der Waals surface area contributed by atoms with E-state index in [1.807, 2.05) is 6.07 Å². The summed E-state index contributed by atoms with van der Waals surface area (Å²) in [4.78, 5) is 13.5. The van der Waals surface area contributed by atoms with E-state index >= 15 is 0 Å². The Hall–Kier alpha value is -0.710. The van der Waals surface area contributed by atoms with Gasteiger partial charge in [-0.2, -0.15) is 0 Å². The Morgan fingerprint density at radius 2 is 2.19 bits per heavy atom. The molecule has 86 valence electrons. The molecule has 0 bridgehead atoms. The molecule has 16 heavy (non-hydrogen) atoms. The minimum absolute atomic E-state index is 0.132. The molecule has 0 atom stereocenters. The van der Waals surface area contributed by atoms with Gasteiger partial charge in [0.05, 0.1) is 18.1 Å². The Balaban J connectivity index is 2.07. The molecule has 2 heterocycles. The fourth-order valence-corrected chi connectivity index (χ4v) is 3.64. The highest BCUT2D eigenvalue weighted by Gasteiger charge is 2.43. The van der Waals surface area contributed by atoms with Crippen LogP contribution in [0.2, 0.25) is 0 Å². The van der Waals surface area contributed by atoms with Crippen molar-refractivity contribution in [3.8, 4) is 0 Å². The molecule has 2 aliphatic rings. The van der Waals surface area contributed by atoms with Gasteiger partial charge in [-0.1, -0.05) is 0 Å². The van der Waals surface area contributed by atoms with Crippen LogP contribution in [0.15, 0.2) is 6.07 Å². The maximum absolute atomic E-state index is 11.4. The number of ether oxygens (including phenoxy) is 2. The van der Waals surface area contributed by atoms with Gasteiger partial charge in [0.2, 0.25) is 0 Å². The van der Waals surface area contributed by atoms with Crippen LogP contribution in [0, 0.1) is 0 Å². The van der Waals surface area contributed by atoms with E-state index in [1.54, 1.807) is 18.3 Å². The maximum Gasteiger partial charge on any atom is 0.196 e. The largest absolute Gasteiger partial charge is 0.343 e. The molecule has 0 unspecified atom stereocenters. The molecule has 0 amide bonds. The van der Waals surface area contributed by atoms with Crippen molar-refractivity contribution in [2.24, 2.45) is 0 Å². The smallest absolute Gasteiger partial charge is 0.196 e. The number of carbonyl (C=O) groups is 1. The van der Waals surface area contributed by atoms with Crippen molar-refractivity contribution in [1.82, 2.24) is 0 Å². The first kappa shape index (κ1) is 10.4. The Morgan fingerprint density at radius 3 is 2.88 bits per heavy atom. The lowest BCUT2D eigenvalue weighted by molar-refractivity contribution is -0.175. The number of hydrogen-bond acceptors (Lipinski definition) is 4. The zero-order valence-corrected chi connectivity index (χ0v) is 10.1. The lowest BCUT2D eigenvalue weighted by Gasteiger charge is -2.31. The van der Waals surface area contributed by atoms with Crippen molar-refractivity contribution in [2.45, 2.75) is 32.0 Å². The third-order valence-corrected chi connectivity index (χ3v) is 4.53. The van der Waals surface area contributed by atoms with Gasteiger partial charge in [0, 0.05) is 16.9 Å². The Kier molecular flexibility index (Phi) is 2.38. The van der Waals surface area contributed by atoms with Crippen LogP contribution >= 0.6 is 11.3 Å². The number of aryl methyl sites for hydroxylation is 1. The van der Waals surface area contributed by atoms with Crippen LogP contribution in [0.4, 0.5) is 0 Å². The molecule has 0 radical (unpaired) electrons. The predicted octanol–water partition coefficient (Wildman–Crippen LogP) is 2.49. The molecule has 1 aromatic heterocycles. The van der Waals surface area contributed by atoms with Gasteiger partial charge in [-0.3, -0.25) is 4.79 Å². The summed E-state index contributed by atoms with van der Waals surface area (Å²) in [5.74, 6) is -0.398. The summed E-state index contributed by atoms with van der Waals surface area (Å²) in [6.07, 6.45) is 3.03. The van der Waals surface area contributed by atoms with Gasteiger partial charge in [0.25, 0.3) is 0 Å². The molecule has 1 aromatic rings. The van der Waals surface area contributed by atoms with Crippen LogP contribution in [0.3, 0.4) is 0 Å². The minimum atomic E-state index is -0.530. The van der Waals surface area contributed by atoms with Gasteiger partial charge in [0.1, 0.15) is 0 Å². The van der Waals surface area contributed by atoms with Crippen molar-refractivity contribution in [1.29, 1.82) is 0 Å². The molecule has 0 aromatic carbocycles. The van der Waals surface area contributed by atoms with Gasteiger partial charge in [-0.05, 0) is 25.8 Å². The number of rotatable bonds is 1. The molecular formula is C12H14O3S. The summed E-state index contributed by atoms with van der Waals surface area (Å²) in [5.41, 5.74) is 1.10. The molecule has 1 aliphatic heterocycles. The average Bonchev–Trinajstić information content (AvgIpc) is 2.85. The van der Waals surface area contributed by atoms with Crippen molar-refractivity contribution < 1.29 is 14.3 Å². The van der Waals surface area contributed by atoms with Gasteiger partial charge in [0.15, 0.2) is 11.6 Å². The predicted molar refractivity (Wildman–Crippen MR) is 60.8 cm³/mol. The van der Waals surface area contributed by atoms with Gasteiger partial charge >= 0.3 is 0 Å². The molecule has 4 heteroatoms. The van der Waals surface area contributed by atoms with Crippen LogP contribution in [0.5, 0.6) is 0 Å². The maximum atomic E-state index is 11.4. The number of Topliss-reactive ketones (excluding diaryl/α,β-unsaturated/α-hetero) is 1. The molecule has 1 fully saturated rings. The number of thiophene rings is 1. The molecule has 0 saturated carbocycles. The summed E-state index contributed by atoms with van der Waals surface area (Å²) >= 11 is 1.59. The number of hydrogen-bond donors (Lipinski definition) is 0. The van der Waals surface area contributed by atoms with E-state index < -0.39 is 5.79 Å². The van der Waals surface area contributed by atoms with E-state index in [1.165, 1.54) is 4.88 Å². The van der Waals surface area contributed by atoms with E-state index in [4.69, 9.17) is 9.47 Å². The van der Waals surface area contributed by atoms with Gasteiger partial charge in [-0.25, -0.2) is 0 Å². The second kappa shape index (κ2) is 3.65. The van der Waals surface area contributed by atoms with E-state index in [0.29, 0.717) is 13.2 Å². The summed E-state index contributed by atoms with van der Waals surface area (Å²) in [6, 6.07) is 1.97. The Bertz CT molecular complexity index is 429. The van der Waals surface area contributed by atoms with Crippen LogP contribution in [0.25, 0.3) is 0 Å². The van der Waals surface area contributed by atoms with E-state index in [0.717, 1.165) is 29.7 Å². The van der Waals surface area contributed by atoms with Crippen LogP contribution in [-0.2, 0) is 21.7 Å². The third kappa shape index (κ3) is 1.44. The average molecular weight is 238 g/mol. The van der Waals surface area contributed by atoms with Crippen LogP contribution < -0.4 is 0 Å². The Morgan fingerprint density at radius 1 is 1.44 bits per heavy atom. The monoisotopic (exact) mass is 238 g/mol. The fourth-order valence-electron chi connectivity index (χ4n) is 2.48. The molecule has 1 aliphatic carbocycles. The minimum Gasteiger partial charge on any atom is -0.343 e. The Labute approximate surface area is 98.4 Å². The summed E-state index contributed by atoms with van der Waals surface area (Å²) in [6.45, 7) is 2.93. The van der Waals surface area contributed by atoms with Crippen molar-refractivity contribution in [3.63, 3.8) is 0 Å². The lowest BCUT2D eigenvalue weighted by atomic mass is 9.92. The molecular weight excluding hydrogens is 224 g/mol. The highest BCUT2D eigenvalue weighted by Crippen LogP contribution is 2.45. The van der Waals surface area contributed by atoms with Crippen molar-refractivity contribution in [3.05, 3.63) is 21.4 Å². The standard InChI is InChI=1S/C12H14O3S/c1-8(13)11-7-9-10(16-11)3-2-4-12(9)14-5-6-15-12/h7H,2-6H2,1H3. The van der Waals surface area contributed by atoms with Crippen molar-refractivity contribution in [2.75, 3.05) is 13.2 Å². The zero-order chi connectivity index (χ0) is 11.2. The van der Waals surface area contributed by atoms with Crippen molar-refractivity contribution >= 4 is 17.1 Å². The summed E-state index contributed by atoms with van der Waals surface area (Å²) in [7, 11) is 0. The first-order valence-electron chi connectivity index (χ1n) is 5.63. The number of carbonyl (C=O) groups excluding carboxylic acids is 1. The summed E-state index contributed by atoms with van der Waals surface area (Å²) in [5, 5.41) is 0. The quantitative estimate of drug-likeness (QED) is 0.705. The van der Waals surface area contributed by atoms with E-state index in [9.17, 15) is 4.79 Å². The first-order chi connectivity index (χ1) is 7.71. The molecule has 0 N–H and O–H groups in total. The van der Waals surface area contributed by atoms with E-state index in [2.05, 4.69) is 0 Å². The lowest BCUT2D eigenvalue weighted by Crippen LogP contribution is -2.30. The molecule has 1 saturated heterocycles. The van der Waals surface area contributed by atoms with Gasteiger partial charge in [-0.15, -0.1) is 11.3 Å². The first-order valence-corrected chi connectivity index (χ1v) is 6.45. The van der Waals surface area contributed by atoms with Gasteiger partial charge < -0.3 is 9.47 Å². The normalized spacial score (nSPS) is 22.3. The summed E-state index contributed by atoms with van der Waals surface area (Å²) < 4.78 is 11.5. The second-order valence-electron chi connectivity index (χ2n) is 4.31. The third-order valence-electron chi connectivity index (χ3n) is 3.23. The molecule has 1 spiro atoms. The highest BCUT2D eigenvalue weighted by molar-refractivity contribution is 7.14. The molecule has 3 nitrogen and oxygen atoms in total. The SMILES string of the molecule is CC(=O)c1cc2c(s1)CCCC21OCCO1. The van der Waals surface area contributed by atoms with E-state index in [-0.39, 0.29) is 5.78 Å². The van der Waals surface area contributed by atoms with Crippen LogP contribution in [0.1, 0.15) is 39.9 Å². The fraction of sp³-hybridized carbons (Fsp3) is 0.583. The number of fused-ring (bicyclic) bond motifs is 2. The zero-order valence-electron chi connectivity index (χ0n) is 9.25. The highest BCUT2D eigenvalue weighted by atomic mass is 32.1. The van der Waals surface area contributed by atoms with Crippen LogP contribution in [-0.4, -0.2) is 19.0 Å². The molecule has 3 rings (SSSR count). The second-order valence-corrected chi connectivity index (χ2v) is 5.44.